The second kappa shape index (κ2) is 38.4. The van der Waals surface area contributed by atoms with E-state index in [2.05, 4.69) is 93.4 Å². The van der Waals surface area contributed by atoms with Crippen molar-refractivity contribution in [2.75, 3.05) is 31.2 Å². The van der Waals surface area contributed by atoms with Crippen LogP contribution in [0, 0.1) is 5.92 Å². The molecule has 0 radical (unpaired) electrons. The molecule has 0 spiro atoms. The number of aromatic amines is 1. The van der Waals surface area contributed by atoms with E-state index in [4.69, 9.17) is 17.2 Å². The zero-order chi connectivity index (χ0) is 65.5. The number of carboxylic acid groups (broad SMARTS) is 2. The number of aliphatic hydroxyl groups is 1. The van der Waals surface area contributed by atoms with E-state index in [0.717, 1.165) is 0 Å². The molecule has 0 bridgehead atoms. The first-order valence-electron chi connectivity index (χ1n) is 27.9. The molecule has 0 aliphatic rings. The number of carbonyl (C=O) groups excluding carboxylic acids is 10. The fraction of sp³-hybridized carbons (Fsp3) is 0.491. The number of nitrogens with two attached hydrogens (primary N) is 3. The number of carbonyl (C=O) groups is 12. The molecule has 20 N–H and O–H groups in total. The topological polar surface area (TPSA) is 505 Å². The third-order valence-corrected chi connectivity index (χ3v) is 13.7. The van der Waals surface area contributed by atoms with E-state index in [0.29, 0.717) is 16.8 Å². The normalized spacial score (nSPS) is 14.4. The molecule has 1 aromatic heterocycles. The summed E-state index contributed by atoms with van der Waals surface area (Å²) in [5.41, 5.74) is 18.2. The average Bonchev–Trinajstić information content (AvgIpc) is 4.17. The minimum atomic E-state index is -1.70. The number of rotatable bonds is 39. The van der Waals surface area contributed by atoms with Crippen molar-refractivity contribution in [1.29, 1.82) is 0 Å². The molecule has 0 unspecified atom stereocenters. The lowest BCUT2D eigenvalue weighted by molar-refractivity contribution is -0.141. The van der Waals surface area contributed by atoms with Crippen LogP contribution in [0.4, 0.5) is 0 Å². The minimum absolute atomic E-state index is 0.0125. The Kier molecular flexibility index (Phi) is 32.0. The number of amides is 10. The SMILES string of the molecule is CC(C)C[C@H](NC(=O)[C@@H](N)CS)C(=O)N[C@@H](CCCN=C(N)N)C(=O)N[C@@H](CCC(=O)O)C(=O)NCC(=O)N[C@@H](Cc1cnc[nH]1)C(=O)N[C@@H](Cc1ccccc1)C(=O)N[C@@H](C)C(=O)N[C@@H](CO)C(=O)N[C@@H](Cc1ccccc1)C(=O)N[C@@H](CS)C(=O)O. The monoisotopic (exact) mass is 1270 g/mol. The van der Waals surface area contributed by atoms with Crippen molar-refractivity contribution in [1.82, 2.24) is 63.1 Å². The smallest absolute Gasteiger partial charge is 0.327 e. The van der Waals surface area contributed by atoms with Gasteiger partial charge in [0.1, 0.15) is 54.4 Å². The second-order valence-electron chi connectivity index (χ2n) is 20.7. The lowest BCUT2D eigenvalue weighted by atomic mass is 10.0. The number of aliphatic imine (C=N–C) groups is 1. The number of nitrogens with one attached hydrogen (secondary N) is 11. The highest BCUT2D eigenvalue weighted by Crippen LogP contribution is 2.11. The van der Waals surface area contributed by atoms with Gasteiger partial charge in [-0.15, -0.1) is 0 Å². The number of imidazole rings is 1. The number of thiol groups is 2. The maximum Gasteiger partial charge on any atom is 0.327 e. The Morgan fingerprint density at radius 1 is 0.568 bits per heavy atom. The highest BCUT2D eigenvalue weighted by atomic mass is 32.1. The first-order chi connectivity index (χ1) is 41.7. The van der Waals surface area contributed by atoms with Crippen LogP contribution in [0.5, 0.6) is 0 Å². The molecule has 1 heterocycles. The van der Waals surface area contributed by atoms with Crippen molar-refractivity contribution in [3.8, 4) is 0 Å². The van der Waals surface area contributed by atoms with E-state index in [-0.39, 0.29) is 68.5 Å². The van der Waals surface area contributed by atoms with Gasteiger partial charge in [0.05, 0.1) is 25.5 Å². The molecule has 0 saturated carbocycles. The lowest BCUT2D eigenvalue weighted by Gasteiger charge is -2.26. The van der Waals surface area contributed by atoms with Crippen LogP contribution in [0.3, 0.4) is 0 Å². The molecular formula is C55H80N16O15S2. The summed E-state index contributed by atoms with van der Waals surface area (Å²) in [6.45, 7) is 2.99. The molecule has 33 heteroatoms. The number of nitrogens with zero attached hydrogens (tertiary/aromatic N) is 2. The maximum absolute atomic E-state index is 14.3. The first kappa shape index (κ1) is 73.4. The molecule has 0 fully saturated rings. The quantitative estimate of drug-likeness (QED) is 0.0110. The van der Waals surface area contributed by atoms with Crippen LogP contribution in [-0.2, 0) is 76.8 Å². The highest BCUT2D eigenvalue weighted by Gasteiger charge is 2.35. The van der Waals surface area contributed by atoms with Gasteiger partial charge in [0.15, 0.2) is 5.96 Å². The number of hydrogen-bond acceptors (Lipinski definition) is 18. The van der Waals surface area contributed by atoms with Gasteiger partial charge in [-0.05, 0) is 49.7 Å². The summed E-state index contributed by atoms with van der Waals surface area (Å²) in [4.78, 5) is 171. The summed E-state index contributed by atoms with van der Waals surface area (Å²) in [6.07, 6.45) is 1.04. The Hall–Kier alpha value is -8.82. The number of carboxylic acids is 2. The summed E-state index contributed by atoms with van der Waals surface area (Å²) in [7, 11) is 0. The zero-order valence-corrected chi connectivity index (χ0v) is 50.5. The Morgan fingerprint density at radius 2 is 1.05 bits per heavy atom. The number of H-pyrrole nitrogens is 1. The van der Waals surface area contributed by atoms with E-state index in [9.17, 15) is 72.9 Å². The van der Waals surface area contributed by atoms with Crippen LogP contribution in [-0.4, -0.2) is 194 Å². The van der Waals surface area contributed by atoms with E-state index in [1.54, 1.807) is 74.5 Å². The van der Waals surface area contributed by atoms with Gasteiger partial charge in [-0.3, -0.25) is 57.7 Å². The number of aliphatic carboxylic acids is 2. The van der Waals surface area contributed by atoms with Gasteiger partial charge in [0, 0.05) is 55.6 Å². The van der Waals surface area contributed by atoms with Gasteiger partial charge >= 0.3 is 11.9 Å². The van der Waals surface area contributed by atoms with Crippen LogP contribution in [0.15, 0.2) is 78.2 Å². The van der Waals surface area contributed by atoms with Gasteiger partial charge in [-0.1, -0.05) is 74.5 Å². The molecular weight excluding hydrogens is 1190 g/mol. The maximum atomic E-state index is 14.3. The fourth-order valence-corrected chi connectivity index (χ4v) is 8.68. The van der Waals surface area contributed by atoms with E-state index < -0.39 is 157 Å². The van der Waals surface area contributed by atoms with Crippen LogP contribution in [0.1, 0.15) is 69.7 Å². The number of hydrogen-bond donors (Lipinski definition) is 19. The average molecular weight is 1270 g/mol. The highest BCUT2D eigenvalue weighted by molar-refractivity contribution is 7.80. The Morgan fingerprint density at radius 3 is 1.53 bits per heavy atom. The van der Waals surface area contributed by atoms with Crippen molar-refractivity contribution in [3.05, 3.63) is 90.0 Å². The van der Waals surface area contributed by atoms with E-state index in [1.807, 2.05) is 0 Å². The van der Waals surface area contributed by atoms with Crippen LogP contribution < -0.4 is 70.4 Å². The van der Waals surface area contributed by atoms with Crippen LogP contribution in [0.2, 0.25) is 0 Å². The molecule has 0 aliphatic carbocycles. The molecule has 31 nitrogen and oxygen atoms in total. The number of guanidine groups is 1. The summed E-state index contributed by atoms with van der Waals surface area (Å²) in [5, 5.41) is 53.9. The third-order valence-electron chi connectivity index (χ3n) is 13.0. The number of benzene rings is 2. The summed E-state index contributed by atoms with van der Waals surface area (Å²) < 4.78 is 0. The van der Waals surface area contributed by atoms with Crippen LogP contribution in [0.25, 0.3) is 0 Å². The summed E-state index contributed by atoms with van der Waals surface area (Å²) in [6, 6.07) is 2.49. The van der Waals surface area contributed by atoms with Gasteiger partial charge in [-0.25, -0.2) is 9.78 Å². The molecule has 3 rings (SSSR count). The third kappa shape index (κ3) is 26.8. The van der Waals surface area contributed by atoms with Gasteiger partial charge < -0.3 is 90.7 Å². The van der Waals surface area contributed by atoms with Gasteiger partial charge in [0.2, 0.25) is 59.1 Å². The molecule has 2 aromatic carbocycles. The second-order valence-corrected chi connectivity index (χ2v) is 21.4. The van der Waals surface area contributed by atoms with E-state index in [1.165, 1.54) is 19.4 Å². The summed E-state index contributed by atoms with van der Waals surface area (Å²) >= 11 is 8.01. The predicted molar refractivity (Wildman–Crippen MR) is 325 cm³/mol. The number of aliphatic hydroxyl groups excluding tert-OH is 1. The van der Waals surface area contributed by atoms with Crippen molar-refractivity contribution in [2.24, 2.45) is 28.1 Å². The Labute approximate surface area is 518 Å². The molecule has 482 valence electrons. The van der Waals surface area contributed by atoms with Crippen molar-refractivity contribution in [3.63, 3.8) is 0 Å². The molecule has 10 amide bonds. The minimum Gasteiger partial charge on any atom is -0.481 e. The largest absolute Gasteiger partial charge is 0.481 e. The van der Waals surface area contributed by atoms with Gasteiger partial charge in [0.25, 0.3) is 0 Å². The standard InChI is InChI=1S/C55H80N16O15S2/c1-29(2)19-37(67-46(77)34(56)26-87)50(81)65-35(15-10-18-60-55(57)58)48(79)66-36(16-17-44(74)75)47(78)61-24-43(73)64-40(22-33-23-59-28-62-33)52(83)68-38(20-31-11-6-4-7-12-31)49(80)63-30(3)45(76)70-41(25-72)53(84)69-39(21-32-13-8-5-9-14-32)51(82)71-42(27-88)54(85)86/h4-9,11-14,23,28-30,34-42,72,87-88H,10,15-22,24-27,56H2,1-3H3,(H,59,62)(H,61,78)(H,63,80)(H,64,73)(H,65,81)(H,66,79)(H,67,77)(H,68,83)(H,69,84)(H,70,76)(H,71,82)(H,74,75)(H,85,86)(H4,57,58,60)/t30-,34-,35-,36-,37-,38-,39-,40-,41-,42-/m0/s1. The molecule has 88 heavy (non-hydrogen) atoms. The van der Waals surface area contributed by atoms with Crippen molar-refractivity contribution in [2.45, 2.75) is 133 Å². The summed E-state index contributed by atoms with van der Waals surface area (Å²) in [5.74, 6) is -12.7. The molecule has 10 atom stereocenters. The van der Waals surface area contributed by atoms with Gasteiger partial charge in [-0.2, -0.15) is 25.3 Å². The zero-order valence-electron chi connectivity index (χ0n) is 48.7. The first-order valence-corrected chi connectivity index (χ1v) is 29.1. The Bertz CT molecular complexity index is 2850. The Balaban J connectivity index is 1.82. The lowest BCUT2D eigenvalue weighted by Crippen LogP contribution is -2.60. The predicted octanol–water partition coefficient (Wildman–Crippen LogP) is -4.83. The van der Waals surface area contributed by atoms with E-state index >= 15 is 0 Å². The van der Waals surface area contributed by atoms with Crippen LogP contribution >= 0.6 is 25.3 Å². The molecule has 3 aromatic rings. The van der Waals surface area contributed by atoms with Crippen molar-refractivity contribution < 1.29 is 72.9 Å². The molecule has 0 saturated heterocycles. The number of aromatic nitrogens is 2. The van der Waals surface area contributed by atoms with Crippen molar-refractivity contribution >= 4 is 102 Å². The fourth-order valence-electron chi connectivity index (χ4n) is 8.27. The molecule has 0 aliphatic heterocycles.